The summed E-state index contributed by atoms with van der Waals surface area (Å²) in [5, 5.41) is 0. The van der Waals surface area contributed by atoms with Crippen LogP contribution in [0.4, 0.5) is 8.78 Å². The van der Waals surface area contributed by atoms with Crippen molar-refractivity contribution in [3.05, 3.63) is 33.8 Å². The summed E-state index contributed by atoms with van der Waals surface area (Å²) in [6, 6.07) is 2.05. The van der Waals surface area contributed by atoms with Gasteiger partial charge in [0.2, 0.25) is 0 Å². The predicted molar refractivity (Wildman–Crippen MR) is 73.5 cm³/mol. The van der Waals surface area contributed by atoms with E-state index in [9.17, 15) is 13.0 Å². The first-order valence-electron chi connectivity index (χ1n) is 5.45. The molecule has 18 heavy (non-hydrogen) atoms. The van der Waals surface area contributed by atoms with Gasteiger partial charge < -0.3 is 0 Å². The van der Waals surface area contributed by atoms with E-state index in [1.807, 2.05) is 20.8 Å². The van der Waals surface area contributed by atoms with Crippen LogP contribution in [0.1, 0.15) is 39.3 Å². The van der Waals surface area contributed by atoms with E-state index >= 15 is 0 Å². The minimum absolute atomic E-state index is 0.185. The quantitative estimate of drug-likeness (QED) is 0.833. The molecule has 1 rings (SSSR count). The predicted octanol–water partition coefficient (Wildman–Crippen LogP) is 3.84. The minimum atomic E-state index is -1.29. The number of benzene rings is 1. The van der Waals surface area contributed by atoms with Crippen LogP contribution in [0.5, 0.6) is 0 Å². The second-order valence-corrected chi connectivity index (χ2v) is 7.81. The van der Waals surface area contributed by atoms with Crippen LogP contribution in [0.2, 0.25) is 0 Å². The van der Waals surface area contributed by atoms with E-state index in [-0.39, 0.29) is 4.47 Å². The van der Waals surface area contributed by atoms with Crippen LogP contribution in [0.3, 0.4) is 0 Å². The average Bonchev–Trinajstić information content (AvgIpc) is 2.23. The molecule has 0 aliphatic heterocycles. The molecule has 0 aliphatic carbocycles. The minimum Gasteiger partial charge on any atom is -0.242 e. The lowest BCUT2D eigenvalue weighted by Gasteiger charge is -2.22. The van der Waals surface area contributed by atoms with Gasteiger partial charge in [0.15, 0.2) is 0 Å². The molecule has 0 aliphatic rings. The molecular weight excluding hydrogens is 324 g/mol. The molecule has 2 atom stereocenters. The van der Waals surface area contributed by atoms with Crippen molar-refractivity contribution in [1.29, 1.82) is 0 Å². The van der Waals surface area contributed by atoms with Crippen molar-refractivity contribution in [3.8, 4) is 0 Å². The Morgan fingerprint density at radius 3 is 2.11 bits per heavy atom. The molecule has 0 bridgehead atoms. The molecule has 0 saturated heterocycles. The fourth-order valence-electron chi connectivity index (χ4n) is 1.23. The van der Waals surface area contributed by atoms with E-state index in [4.69, 9.17) is 0 Å². The average molecular weight is 340 g/mol. The summed E-state index contributed by atoms with van der Waals surface area (Å²) in [6.45, 7) is 7.19. The summed E-state index contributed by atoms with van der Waals surface area (Å²) in [4.78, 5) is 0. The summed E-state index contributed by atoms with van der Waals surface area (Å²) in [5.41, 5.74) is 0.422. The summed E-state index contributed by atoms with van der Waals surface area (Å²) in [5.74, 6) is -1.33. The second kappa shape index (κ2) is 5.75. The molecule has 102 valence electrons. The highest BCUT2D eigenvalue weighted by atomic mass is 79.9. The molecule has 2 unspecified atom stereocenters. The second-order valence-electron chi connectivity index (χ2n) is 5.02. The molecule has 0 saturated carbocycles. The zero-order valence-electron chi connectivity index (χ0n) is 10.7. The van der Waals surface area contributed by atoms with Gasteiger partial charge in [0.05, 0.1) is 20.2 Å². The van der Waals surface area contributed by atoms with Gasteiger partial charge in [-0.15, -0.1) is 0 Å². The first-order valence-corrected chi connectivity index (χ1v) is 7.39. The van der Waals surface area contributed by atoms with Crippen molar-refractivity contribution in [2.24, 2.45) is 0 Å². The molecule has 1 aromatic carbocycles. The molecule has 6 heteroatoms. The lowest BCUT2D eigenvalue weighted by atomic mass is 10.1. The number of hydrogen-bond acceptors (Lipinski definition) is 1. The molecule has 2 nitrogen and oxygen atoms in total. The van der Waals surface area contributed by atoms with Gasteiger partial charge in [0.1, 0.15) is 11.6 Å². The third-order valence-electron chi connectivity index (χ3n) is 2.35. The first kappa shape index (κ1) is 15.7. The third kappa shape index (κ3) is 3.83. The number of hydrogen-bond donors (Lipinski definition) is 1. The van der Waals surface area contributed by atoms with Crippen LogP contribution in [0.15, 0.2) is 16.6 Å². The molecule has 0 heterocycles. The van der Waals surface area contributed by atoms with E-state index in [0.717, 1.165) is 0 Å². The fraction of sp³-hybridized carbons (Fsp3) is 0.500. The molecule has 1 N–H and O–H groups in total. The summed E-state index contributed by atoms with van der Waals surface area (Å²) >= 11 is 2.81. The van der Waals surface area contributed by atoms with Crippen LogP contribution in [-0.4, -0.2) is 8.96 Å². The number of rotatable bonds is 3. The smallest absolute Gasteiger partial charge is 0.140 e. The Bertz CT molecular complexity index is 451. The molecule has 0 spiro atoms. The highest BCUT2D eigenvalue weighted by Crippen LogP contribution is 2.25. The molecule has 0 fully saturated rings. The maximum absolute atomic E-state index is 13.4. The van der Waals surface area contributed by atoms with Crippen LogP contribution < -0.4 is 4.72 Å². The Kier molecular flexibility index (Phi) is 5.03. The Hall–Kier alpha value is -0.330. The summed E-state index contributed by atoms with van der Waals surface area (Å²) in [6.07, 6.45) is 0. The first-order chi connectivity index (χ1) is 8.12. The van der Waals surface area contributed by atoms with Crippen molar-refractivity contribution in [1.82, 2.24) is 4.72 Å². The zero-order valence-corrected chi connectivity index (χ0v) is 13.1. The van der Waals surface area contributed by atoms with Crippen molar-refractivity contribution in [2.75, 3.05) is 0 Å². The van der Waals surface area contributed by atoms with Crippen molar-refractivity contribution >= 4 is 26.9 Å². The van der Waals surface area contributed by atoms with Crippen LogP contribution >= 0.6 is 15.9 Å². The van der Waals surface area contributed by atoms with E-state index in [1.165, 1.54) is 12.1 Å². The topological polar surface area (TPSA) is 29.1 Å². The lowest BCUT2D eigenvalue weighted by Crippen LogP contribution is -2.34. The van der Waals surface area contributed by atoms with E-state index in [0.29, 0.717) is 5.56 Å². The van der Waals surface area contributed by atoms with Crippen molar-refractivity contribution < 1.29 is 13.0 Å². The van der Waals surface area contributed by atoms with Gasteiger partial charge in [0, 0.05) is 6.04 Å². The van der Waals surface area contributed by atoms with Crippen molar-refractivity contribution in [2.45, 2.75) is 38.5 Å². The molecular formula is C12H16BrF2NOS. The van der Waals surface area contributed by atoms with Gasteiger partial charge in [-0.3, -0.25) is 0 Å². The van der Waals surface area contributed by atoms with E-state index < -0.39 is 33.4 Å². The molecule has 0 radical (unpaired) electrons. The fourth-order valence-corrected chi connectivity index (χ4v) is 2.27. The maximum Gasteiger partial charge on any atom is 0.140 e. The van der Waals surface area contributed by atoms with Gasteiger partial charge >= 0.3 is 0 Å². The Morgan fingerprint density at radius 1 is 1.28 bits per heavy atom. The summed E-state index contributed by atoms with van der Waals surface area (Å²) < 4.78 is 40.9. The van der Waals surface area contributed by atoms with E-state index in [1.54, 1.807) is 6.92 Å². The summed E-state index contributed by atoms with van der Waals surface area (Å²) in [7, 11) is -1.29. The lowest BCUT2D eigenvalue weighted by molar-refractivity contribution is 0.560. The van der Waals surface area contributed by atoms with Gasteiger partial charge in [-0.25, -0.2) is 17.7 Å². The van der Waals surface area contributed by atoms with Gasteiger partial charge in [-0.1, -0.05) is 0 Å². The number of halogens is 3. The molecule has 1 aromatic rings. The van der Waals surface area contributed by atoms with Crippen molar-refractivity contribution in [3.63, 3.8) is 0 Å². The van der Waals surface area contributed by atoms with Crippen LogP contribution in [0.25, 0.3) is 0 Å². The number of nitrogens with one attached hydrogen (secondary N) is 1. The van der Waals surface area contributed by atoms with Crippen LogP contribution in [0, 0.1) is 11.6 Å². The van der Waals surface area contributed by atoms with Gasteiger partial charge in [0.25, 0.3) is 0 Å². The highest BCUT2D eigenvalue weighted by Gasteiger charge is 2.22. The zero-order chi connectivity index (χ0) is 14.1. The van der Waals surface area contributed by atoms with Gasteiger partial charge in [-0.2, -0.15) is 0 Å². The normalized spacial score (nSPS) is 15.5. The Morgan fingerprint density at radius 2 is 1.72 bits per heavy atom. The Labute approximate surface area is 117 Å². The molecule has 0 aromatic heterocycles. The third-order valence-corrected chi connectivity index (χ3v) is 4.78. The maximum atomic E-state index is 13.4. The van der Waals surface area contributed by atoms with E-state index in [2.05, 4.69) is 20.7 Å². The van der Waals surface area contributed by atoms with Crippen LogP contribution in [-0.2, 0) is 11.0 Å². The SMILES string of the molecule is CC(NS(=O)C(C)(C)C)c1cc(F)c(Br)c(F)c1. The Balaban J connectivity index is 2.92. The van der Waals surface area contributed by atoms with Gasteiger partial charge in [-0.05, 0) is 61.3 Å². The standard InChI is InChI=1S/C12H16BrF2NOS/c1-7(16-18(17)12(2,3)4)8-5-9(14)11(13)10(15)6-8/h5-7,16H,1-4H3. The monoisotopic (exact) mass is 339 g/mol. The molecule has 0 amide bonds. The highest BCUT2D eigenvalue weighted by molar-refractivity contribution is 9.10. The largest absolute Gasteiger partial charge is 0.242 e.